The first kappa shape index (κ1) is 19.9. The number of fused-ring (bicyclic) bond motifs is 1. The van der Waals surface area contributed by atoms with Crippen molar-refractivity contribution in [3.63, 3.8) is 0 Å². The minimum atomic E-state index is -4.61. The fourth-order valence-electron chi connectivity index (χ4n) is 2.89. The molecule has 2 aromatic heterocycles. The van der Waals surface area contributed by atoms with Crippen molar-refractivity contribution in [2.75, 3.05) is 4.90 Å². The van der Waals surface area contributed by atoms with Crippen LogP contribution < -0.4 is 4.90 Å². The Hall–Kier alpha value is -2.81. The van der Waals surface area contributed by atoms with Crippen LogP contribution in [0.1, 0.15) is 36.6 Å². The van der Waals surface area contributed by atoms with Gasteiger partial charge >= 0.3 is 12.3 Å². The molecule has 0 radical (unpaired) electrons. The normalized spacial score (nSPS) is 12.0. The van der Waals surface area contributed by atoms with Crippen LogP contribution in [-0.4, -0.2) is 25.8 Å². The van der Waals surface area contributed by atoms with Crippen molar-refractivity contribution in [2.45, 2.75) is 32.5 Å². The number of hydrogen-bond acceptors (Lipinski definition) is 3. The van der Waals surface area contributed by atoms with Crippen molar-refractivity contribution in [1.29, 1.82) is 0 Å². The van der Waals surface area contributed by atoms with Gasteiger partial charge in [0.1, 0.15) is 0 Å². The minimum Gasteiger partial charge on any atom is -0.465 e. The lowest BCUT2D eigenvalue weighted by molar-refractivity contribution is -0.138. The maximum Gasteiger partial charge on any atom is 0.416 e. The SMILES string of the molecule is CC(C)c1cnc2c(N(Cc3ccccc3C(F)(F)F)C(=O)O)cc(Cl)nn12. The van der Waals surface area contributed by atoms with E-state index in [1.807, 2.05) is 13.8 Å². The molecular formula is C18H16ClF3N4O2. The lowest BCUT2D eigenvalue weighted by Gasteiger charge is -2.22. The van der Waals surface area contributed by atoms with Crippen LogP contribution in [0.2, 0.25) is 5.15 Å². The van der Waals surface area contributed by atoms with Crippen molar-refractivity contribution < 1.29 is 23.1 Å². The van der Waals surface area contributed by atoms with Gasteiger partial charge in [0.25, 0.3) is 0 Å². The van der Waals surface area contributed by atoms with Crippen LogP contribution in [0.3, 0.4) is 0 Å². The van der Waals surface area contributed by atoms with Gasteiger partial charge in [-0.15, -0.1) is 0 Å². The van der Waals surface area contributed by atoms with Crippen LogP contribution >= 0.6 is 11.6 Å². The molecule has 0 unspecified atom stereocenters. The number of anilines is 1. The minimum absolute atomic E-state index is 0.00208. The lowest BCUT2D eigenvalue weighted by atomic mass is 10.1. The Labute approximate surface area is 163 Å². The fourth-order valence-corrected chi connectivity index (χ4v) is 3.07. The van der Waals surface area contributed by atoms with E-state index in [9.17, 15) is 23.1 Å². The summed E-state index contributed by atoms with van der Waals surface area (Å²) >= 11 is 6.05. The maximum atomic E-state index is 13.3. The summed E-state index contributed by atoms with van der Waals surface area (Å²) in [6.07, 6.45) is -4.50. The zero-order chi connectivity index (χ0) is 20.6. The molecule has 0 bridgehead atoms. The van der Waals surface area contributed by atoms with Gasteiger partial charge in [0.2, 0.25) is 0 Å². The Morgan fingerprint density at radius 1 is 1.32 bits per heavy atom. The molecule has 10 heteroatoms. The number of alkyl halides is 3. The molecule has 0 atom stereocenters. The average Bonchev–Trinajstić information content (AvgIpc) is 3.02. The van der Waals surface area contributed by atoms with Gasteiger partial charge < -0.3 is 5.11 Å². The van der Waals surface area contributed by atoms with Crippen LogP contribution in [0.15, 0.2) is 36.5 Å². The number of benzene rings is 1. The highest BCUT2D eigenvalue weighted by molar-refractivity contribution is 6.29. The summed E-state index contributed by atoms with van der Waals surface area (Å²) in [6.45, 7) is 3.28. The summed E-state index contributed by atoms with van der Waals surface area (Å²) in [5.41, 5.74) is -0.140. The van der Waals surface area contributed by atoms with E-state index in [1.165, 1.54) is 35.0 Å². The van der Waals surface area contributed by atoms with E-state index in [1.54, 1.807) is 0 Å². The van der Waals surface area contributed by atoms with Crippen molar-refractivity contribution >= 4 is 29.0 Å². The van der Waals surface area contributed by atoms with E-state index >= 15 is 0 Å². The molecule has 0 aliphatic heterocycles. The van der Waals surface area contributed by atoms with Crippen LogP contribution in [0.25, 0.3) is 5.65 Å². The summed E-state index contributed by atoms with van der Waals surface area (Å²) in [7, 11) is 0. The number of carboxylic acid groups (broad SMARTS) is 1. The molecule has 148 valence electrons. The largest absolute Gasteiger partial charge is 0.465 e. The average molecular weight is 413 g/mol. The monoisotopic (exact) mass is 412 g/mol. The van der Waals surface area contributed by atoms with Gasteiger partial charge in [-0.05, 0) is 17.5 Å². The first-order chi connectivity index (χ1) is 13.1. The zero-order valence-electron chi connectivity index (χ0n) is 14.9. The second-order valence-electron chi connectivity index (χ2n) is 6.45. The number of carbonyl (C=O) groups is 1. The topological polar surface area (TPSA) is 70.7 Å². The highest BCUT2D eigenvalue weighted by Gasteiger charge is 2.34. The third kappa shape index (κ3) is 3.75. The van der Waals surface area contributed by atoms with E-state index < -0.39 is 24.4 Å². The fraction of sp³-hybridized carbons (Fsp3) is 0.278. The number of halogens is 4. The van der Waals surface area contributed by atoms with E-state index in [0.29, 0.717) is 5.69 Å². The second kappa shape index (κ2) is 7.31. The van der Waals surface area contributed by atoms with E-state index in [4.69, 9.17) is 11.6 Å². The zero-order valence-corrected chi connectivity index (χ0v) is 15.7. The standard InChI is InChI=1S/C18H16ClF3N4O2/c1-10(2)14-8-23-16-13(7-15(19)24-26(14)16)25(17(27)28)9-11-5-3-4-6-12(11)18(20,21)22/h3-8,10H,9H2,1-2H3,(H,27,28). The molecule has 0 aliphatic carbocycles. The van der Waals surface area contributed by atoms with Crippen LogP contribution in [0, 0.1) is 0 Å². The molecule has 0 aliphatic rings. The Balaban J connectivity index is 2.14. The molecule has 1 amide bonds. The Morgan fingerprint density at radius 2 is 2.00 bits per heavy atom. The predicted octanol–water partition coefficient (Wildman–Crippen LogP) is 5.21. The summed E-state index contributed by atoms with van der Waals surface area (Å²) in [4.78, 5) is 16.9. The molecule has 3 aromatic rings. The highest BCUT2D eigenvalue weighted by atomic mass is 35.5. The summed E-state index contributed by atoms with van der Waals surface area (Å²) < 4.78 is 41.3. The Morgan fingerprint density at radius 3 is 2.61 bits per heavy atom. The van der Waals surface area contributed by atoms with Gasteiger partial charge in [-0.25, -0.2) is 14.3 Å². The molecular weight excluding hydrogens is 397 g/mol. The maximum absolute atomic E-state index is 13.3. The van der Waals surface area contributed by atoms with Gasteiger partial charge in [0.15, 0.2) is 10.8 Å². The van der Waals surface area contributed by atoms with E-state index in [0.717, 1.165) is 11.0 Å². The van der Waals surface area contributed by atoms with Gasteiger partial charge in [0, 0.05) is 6.07 Å². The molecule has 1 aromatic carbocycles. The van der Waals surface area contributed by atoms with Gasteiger partial charge in [-0.2, -0.15) is 18.3 Å². The van der Waals surface area contributed by atoms with Crippen molar-refractivity contribution in [1.82, 2.24) is 14.6 Å². The number of rotatable bonds is 4. The first-order valence-corrected chi connectivity index (χ1v) is 8.67. The summed E-state index contributed by atoms with van der Waals surface area (Å²) in [5.74, 6) is 0.0260. The summed E-state index contributed by atoms with van der Waals surface area (Å²) in [5, 5.41) is 13.8. The number of imidazole rings is 1. The molecule has 0 saturated carbocycles. The van der Waals surface area contributed by atoms with E-state index in [2.05, 4.69) is 10.1 Å². The number of aromatic nitrogens is 3. The highest BCUT2D eigenvalue weighted by Crippen LogP contribution is 2.34. The lowest BCUT2D eigenvalue weighted by Crippen LogP contribution is -2.30. The Bertz CT molecular complexity index is 1030. The third-order valence-electron chi connectivity index (χ3n) is 4.21. The van der Waals surface area contributed by atoms with Gasteiger partial charge in [-0.1, -0.05) is 43.6 Å². The molecule has 0 spiro atoms. The van der Waals surface area contributed by atoms with Crippen LogP contribution in [-0.2, 0) is 12.7 Å². The molecule has 2 heterocycles. The molecule has 3 rings (SSSR count). The second-order valence-corrected chi connectivity index (χ2v) is 6.84. The molecule has 1 N–H and O–H groups in total. The molecule has 0 fully saturated rings. The smallest absolute Gasteiger partial charge is 0.416 e. The Kier molecular flexibility index (Phi) is 5.20. The third-order valence-corrected chi connectivity index (χ3v) is 4.39. The number of hydrogen-bond donors (Lipinski definition) is 1. The molecule has 6 nitrogen and oxygen atoms in total. The van der Waals surface area contributed by atoms with Crippen molar-refractivity contribution in [2.24, 2.45) is 0 Å². The number of amides is 1. The molecule has 0 saturated heterocycles. The number of nitrogens with zero attached hydrogens (tertiary/aromatic N) is 4. The van der Waals surface area contributed by atoms with Gasteiger partial charge in [0.05, 0.1) is 29.7 Å². The van der Waals surface area contributed by atoms with Crippen LogP contribution in [0.5, 0.6) is 0 Å². The van der Waals surface area contributed by atoms with Crippen LogP contribution in [0.4, 0.5) is 23.7 Å². The first-order valence-electron chi connectivity index (χ1n) is 8.29. The van der Waals surface area contributed by atoms with E-state index in [-0.39, 0.29) is 28.0 Å². The summed E-state index contributed by atoms with van der Waals surface area (Å²) in [6, 6.07) is 6.10. The van der Waals surface area contributed by atoms with Gasteiger partial charge in [-0.3, -0.25) is 4.90 Å². The quantitative estimate of drug-likeness (QED) is 0.638. The van der Waals surface area contributed by atoms with Crippen molar-refractivity contribution in [3.8, 4) is 0 Å². The van der Waals surface area contributed by atoms with Crippen molar-refractivity contribution in [3.05, 3.63) is 58.5 Å². The predicted molar refractivity (Wildman–Crippen MR) is 97.7 cm³/mol. The molecule has 28 heavy (non-hydrogen) atoms.